The average molecular weight is 317 g/mol. The highest BCUT2D eigenvalue weighted by molar-refractivity contribution is 5.88. The van der Waals surface area contributed by atoms with Crippen LogP contribution in [0.4, 0.5) is 0 Å². The predicted octanol–water partition coefficient (Wildman–Crippen LogP) is -2.16. The number of hydrogen-bond acceptors (Lipinski definition) is 6. The number of carboxylic acids is 2. The Morgan fingerprint density at radius 2 is 1.59 bits per heavy atom. The molecule has 124 valence electrons. The second-order valence-electron chi connectivity index (χ2n) is 4.50. The zero-order valence-corrected chi connectivity index (χ0v) is 11.8. The molecule has 0 aliphatic heterocycles. The van der Waals surface area contributed by atoms with Crippen LogP contribution in [0.25, 0.3) is 0 Å². The Bertz CT molecular complexity index is 438. The van der Waals surface area contributed by atoms with Gasteiger partial charge in [-0.15, -0.1) is 0 Å². The molecule has 0 rings (SSSR count). The summed E-state index contributed by atoms with van der Waals surface area (Å²) in [6.45, 7) is -0.447. The summed E-state index contributed by atoms with van der Waals surface area (Å²) in [5, 5.41) is 21.4. The SMILES string of the molecule is N[C@@H](CCC(=O)O)C(=O)NCC(=O)N[C@H](C=O)CCC(=O)O. The first-order valence-electron chi connectivity index (χ1n) is 6.47. The van der Waals surface area contributed by atoms with Gasteiger partial charge in [0, 0.05) is 12.8 Å². The highest BCUT2D eigenvalue weighted by Gasteiger charge is 2.17. The van der Waals surface area contributed by atoms with E-state index in [-0.39, 0.29) is 25.7 Å². The van der Waals surface area contributed by atoms with Gasteiger partial charge in [-0.05, 0) is 12.8 Å². The number of nitrogens with two attached hydrogens (primary N) is 1. The maximum atomic E-state index is 11.5. The first-order valence-corrected chi connectivity index (χ1v) is 6.47. The van der Waals surface area contributed by atoms with Gasteiger partial charge in [-0.1, -0.05) is 0 Å². The van der Waals surface area contributed by atoms with E-state index in [1.54, 1.807) is 0 Å². The van der Waals surface area contributed by atoms with Gasteiger partial charge in [0.1, 0.15) is 6.29 Å². The van der Waals surface area contributed by atoms with Gasteiger partial charge in [-0.25, -0.2) is 0 Å². The molecule has 0 aliphatic rings. The van der Waals surface area contributed by atoms with Crippen LogP contribution < -0.4 is 16.4 Å². The molecule has 0 unspecified atom stereocenters. The van der Waals surface area contributed by atoms with E-state index in [2.05, 4.69) is 10.6 Å². The Morgan fingerprint density at radius 3 is 2.09 bits per heavy atom. The zero-order chi connectivity index (χ0) is 17.1. The molecule has 0 aromatic heterocycles. The number of carboxylic acid groups (broad SMARTS) is 2. The standard InChI is InChI=1S/C12H19N3O7/c13-8(2-4-11(20)21)12(22)14-5-9(17)15-7(6-16)1-3-10(18)19/h6-8H,1-5,13H2,(H,14,22)(H,15,17)(H,18,19)(H,20,21)/t7-,8-/m0/s1. The minimum absolute atomic E-state index is 0.0589. The summed E-state index contributed by atoms with van der Waals surface area (Å²) in [6, 6.07) is -2.01. The van der Waals surface area contributed by atoms with Crippen molar-refractivity contribution in [2.45, 2.75) is 37.8 Å². The lowest BCUT2D eigenvalue weighted by molar-refractivity contribution is -0.138. The van der Waals surface area contributed by atoms with Crippen LogP contribution in [0, 0.1) is 0 Å². The molecule has 0 fully saturated rings. The molecule has 0 bridgehead atoms. The van der Waals surface area contributed by atoms with Gasteiger partial charge < -0.3 is 31.4 Å². The van der Waals surface area contributed by atoms with E-state index in [0.29, 0.717) is 6.29 Å². The summed E-state index contributed by atoms with van der Waals surface area (Å²) in [7, 11) is 0. The third kappa shape index (κ3) is 9.42. The molecular weight excluding hydrogens is 298 g/mol. The van der Waals surface area contributed by atoms with Crippen LogP contribution in [0.3, 0.4) is 0 Å². The van der Waals surface area contributed by atoms with Crippen molar-refractivity contribution in [3.05, 3.63) is 0 Å². The van der Waals surface area contributed by atoms with Crippen LogP contribution in [0.1, 0.15) is 25.7 Å². The Morgan fingerprint density at radius 1 is 1.05 bits per heavy atom. The van der Waals surface area contributed by atoms with Crippen molar-refractivity contribution in [1.82, 2.24) is 10.6 Å². The van der Waals surface area contributed by atoms with E-state index in [9.17, 15) is 24.0 Å². The van der Waals surface area contributed by atoms with Crippen LogP contribution in [0.2, 0.25) is 0 Å². The van der Waals surface area contributed by atoms with Crippen LogP contribution in [0.5, 0.6) is 0 Å². The summed E-state index contributed by atoms with van der Waals surface area (Å²) >= 11 is 0. The van der Waals surface area contributed by atoms with Gasteiger partial charge in [0.05, 0.1) is 18.6 Å². The van der Waals surface area contributed by atoms with Crippen LogP contribution in [0.15, 0.2) is 0 Å². The maximum Gasteiger partial charge on any atom is 0.303 e. The molecular formula is C12H19N3O7. The monoisotopic (exact) mass is 317 g/mol. The fourth-order valence-corrected chi connectivity index (χ4v) is 1.42. The summed E-state index contributed by atoms with van der Waals surface area (Å²) in [6.07, 6.45) is -0.282. The van der Waals surface area contributed by atoms with Gasteiger partial charge in [0.15, 0.2) is 0 Å². The first-order chi connectivity index (χ1) is 10.3. The fourth-order valence-electron chi connectivity index (χ4n) is 1.42. The molecule has 0 saturated carbocycles. The number of aliphatic carboxylic acids is 2. The second kappa shape index (κ2) is 10.3. The van der Waals surface area contributed by atoms with Gasteiger partial charge >= 0.3 is 11.9 Å². The largest absolute Gasteiger partial charge is 0.481 e. The highest BCUT2D eigenvalue weighted by atomic mass is 16.4. The smallest absolute Gasteiger partial charge is 0.303 e. The van der Waals surface area contributed by atoms with Crippen molar-refractivity contribution < 1.29 is 34.2 Å². The van der Waals surface area contributed by atoms with Crippen molar-refractivity contribution in [3.8, 4) is 0 Å². The van der Waals surface area contributed by atoms with Gasteiger partial charge in [0.25, 0.3) is 0 Å². The van der Waals surface area contributed by atoms with Crippen molar-refractivity contribution in [3.63, 3.8) is 0 Å². The minimum Gasteiger partial charge on any atom is -0.481 e. The molecule has 0 saturated heterocycles. The summed E-state index contributed by atoms with van der Waals surface area (Å²) in [5.41, 5.74) is 5.43. The molecule has 22 heavy (non-hydrogen) atoms. The van der Waals surface area contributed by atoms with Crippen molar-refractivity contribution >= 4 is 30.0 Å². The van der Waals surface area contributed by atoms with E-state index < -0.39 is 42.4 Å². The van der Waals surface area contributed by atoms with Crippen LogP contribution >= 0.6 is 0 Å². The van der Waals surface area contributed by atoms with Gasteiger partial charge in [-0.2, -0.15) is 0 Å². The lowest BCUT2D eigenvalue weighted by Crippen LogP contribution is -2.47. The molecule has 10 nitrogen and oxygen atoms in total. The van der Waals surface area contributed by atoms with Crippen LogP contribution in [-0.2, 0) is 24.0 Å². The summed E-state index contributed by atoms with van der Waals surface area (Å²) in [5.74, 6) is -3.56. The lowest BCUT2D eigenvalue weighted by Gasteiger charge is -2.14. The van der Waals surface area contributed by atoms with E-state index in [0.717, 1.165) is 0 Å². The van der Waals surface area contributed by atoms with Crippen molar-refractivity contribution in [2.75, 3.05) is 6.54 Å². The van der Waals surface area contributed by atoms with Crippen LogP contribution in [-0.4, -0.2) is 58.9 Å². The Labute approximate surface area is 126 Å². The second-order valence-corrected chi connectivity index (χ2v) is 4.50. The summed E-state index contributed by atoms with van der Waals surface area (Å²) < 4.78 is 0. The number of aldehydes is 1. The highest BCUT2D eigenvalue weighted by Crippen LogP contribution is 1.96. The fraction of sp³-hybridized carbons (Fsp3) is 0.583. The van der Waals surface area contributed by atoms with Crippen molar-refractivity contribution in [2.24, 2.45) is 5.73 Å². The topological polar surface area (TPSA) is 176 Å². The third-order valence-corrected chi connectivity index (χ3v) is 2.61. The van der Waals surface area contributed by atoms with Crippen molar-refractivity contribution in [1.29, 1.82) is 0 Å². The quantitative estimate of drug-likeness (QED) is 0.268. The van der Waals surface area contributed by atoms with E-state index >= 15 is 0 Å². The molecule has 0 heterocycles. The number of rotatable bonds is 11. The molecule has 2 amide bonds. The zero-order valence-electron chi connectivity index (χ0n) is 11.8. The molecule has 0 aliphatic carbocycles. The summed E-state index contributed by atoms with van der Waals surface area (Å²) in [4.78, 5) is 54.3. The molecule has 10 heteroatoms. The average Bonchev–Trinajstić information content (AvgIpc) is 2.46. The third-order valence-electron chi connectivity index (χ3n) is 2.61. The van der Waals surface area contributed by atoms with Gasteiger partial charge in [0.2, 0.25) is 11.8 Å². The first kappa shape index (κ1) is 19.5. The molecule has 6 N–H and O–H groups in total. The number of hydrogen-bond donors (Lipinski definition) is 5. The molecule has 0 aromatic carbocycles. The number of carbonyl (C=O) groups excluding carboxylic acids is 3. The molecule has 2 atom stereocenters. The normalized spacial score (nSPS) is 12.8. The Balaban J connectivity index is 4.09. The predicted molar refractivity (Wildman–Crippen MR) is 72.7 cm³/mol. The minimum atomic E-state index is -1.10. The lowest BCUT2D eigenvalue weighted by atomic mass is 10.1. The number of nitrogens with one attached hydrogen (secondary N) is 2. The molecule has 0 aromatic rings. The van der Waals surface area contributed by atoms with E-state index in [4.69, 9.17) is 15.9 Å². The number of carbonyl (C=O) groups is 5. The Hall–Kier alpha value is -2.49. The molecule has 0 radical (unpaired) electrons. The van der Waals surface area contributed by atoms with E-state index in [1.165, 1.54) is 0 Å². The van der Waals surface area contributed by atoms with E-state index in [1.807, 2.05) is 0 Å². The van der Waals surface area contributed by atoms with Gasteiger partial charge in [-0.3, -0.25) is 19.2 Å². The molecule has 0 spiro atoms. The maximum absolute atomic E-state index is 11.5. The number of amides is 2. The Kier molecular flexibility index (Phi) is 9.11.